The maximum absolute atomic E-state index is 10.4. The molecule has 2 atom stereocenters. The van der Waals surface area contributed by atoms with Gasteiger partial charge in [0.05, 0.1) is 6.04 Å². The Morgan fingerprint density at radius 2 is 2.31 bits per heavy atom. The Labute approximate surface area is 75.1 Å². The maximum Gasteiger partial charge on any atom is 0.406 e. The fourth-order valence-corrected chi connectivity index (χ4v) is 1.06. The second kappa shape index (κ2) is 3.08. The molecular weight excluding hydrogens is 172 g/mol. The summed E-state index contributed by atoms with van der Waals surface area (Å²) in [6.07, 6.45) is 3.22. The fourth-order valence-electron chi connectivity index (χ4n) is 1.06. The zero-order valence-electron chi connectivity index (χ0n) is 6.90. The first-order valence-electron chi connectivity index (χ1n) is 3.66. The minimum absolute atomic E-state index is 0.473. The lowest BCUT2D eigenvalue weighted by Gasteiger charge is -2.32. The molecule has 0 saturated heterocycles. The first kappa shape index (κ1) is 9.56. The zero-order valence-corrected chi connectivity index (χ0v) is 6.90. The van der Waals surface area contributed by atoms with Crippen LogP contribution in [0.5, 0.6) is 0 Å². The van der Waals surface area contributed by atoms with Crippen molar-refractivity contribution in [2.45, 2.75) is 11.7 Å². The maximum atomic E-state index is 10.4. The molecule has 6 heteroatoms. The van der Waals surface area contributed by atoms with E-state index < -0.39 is 17.8 Å². The summed E-state index contributed by atoms with van der Waals surface area (Å²) in [7, 11) is 0. The topological polar surface area (TPSA) is 127 Å². The highest BCUT2D eigenvalue weighted by Crippen LogP contribution is 2.12. The molecule has 0 bridgehead atoms. The molecule has 8 N–H and O–H groups in total. The van der Waals surface area contributed by atoms with Crippen molar-refractivity contribution >= 4 is 6.09 Å². The van der Waals surface area contributed by atoms with Crippen molar-refractivity contribution in [1.29, 1.82) is 0 Å². The zero-order chi connectivity index (χ0) is 10.1. The largest absolute Gasteiger partial charge is 0.465 e. The molecule has 0 aromatic heterocycles. The van der Waals surface area contributed by atoms with Gasteiger partial charge in [-0.25, -0.2) is 4.79 Å². The molecule has 0 radical (unpaired) electrons. The fraction of sp³-hybridized carbons (Fsp3) is 0.286. The van der Waals surface area contributed by atoms with E-state index in [1.165, 1.54) is 18.2 Å². The third-order valence-electron chi connectivity index (χ3n) is 1.80. The van der Waals surface area contributed by atoms with Crippen LogP contribution in [0.25, 0.3) is 0 Å². The second-order valence-electron chi connectivity index (χ2n) is 2.89. The molecule has 0 aromatic carbocycles. The SMILES string of the molecule is NC1=CC(N)C(N)(NC(=O)O)C=C1. The monoisotopic (exact) mass is 184 g/mol. The van der Waals surface area contributed by atoms with Crippen molar-refractivity contribution in [3.63, 3.8) is 0 Å². The van der Waals surface area contributed by atoms with Gasteiger partial charge >= 0.3 is 6.09 Å². The summed E-state index contributed by atoms with van der Waals surface area (Å²) in [6.45, 7) is 0. The highest BCUT2D eigenvalue weighted by atomic mass is 16.4. The molecule has 0 aromatic rings. The predicted octanol–water partition coefficient (Wildman–Crippen LogP) is -1.35. The molecule has 1 amide bonds. The van der Waals surface area contributed by atoms with Crippen molar-refractivity contribution in [2.24, 2.45) is 17.2 Å². The van der Waals surface area contributed by atoms with Gasteiger partial charge in [-0.2, -0.15) is 0 Å². The Kier molecular flexibility index (Phi) is 2.26. The van der Waals surface area contributed by atoms with Crippen molar-refractivity contribution < 1.29 is 9.90 Å². The van der Waals surface area contributed by atoms with Crippen molar-refractivity contribution in [3.8, 4) is 0 Å². The molecule has 0 spiro atoms. The van der Waals surface area contributed by atoms with E-state index >= 15 is 0 Å². The molecule has 0 saturated carbocycles. The molecule has 13 heavy (non-hydrogen) atoms. The van der Waals surface area contributed by atoms with Crippen LogP contribution in [-0.4, -0.2) is 22.9 Å². The van der Waals surface area contributed by atoms with E-state index in [1.807, 2.05) is 0 Å². The first-order valence-corrected chi connectivity index (χ1v) is 3.66. The van der Waals surface area contributed by atoms with E-state index in [0.717, 1.165) is 0 Å². The van der Waals surface area contributed by atoms with Crippen LogP contribution >= 0.6 is 0 Å². The number of nitrogens with two attached hydrogens (primary N) is 3. The molecule has 1 aliphatic carbocycles. The first-order chi connectivity index (χ1) is 5.94. The van der Waals surface area contributed by atoms with Crippen LogP contribution in [0, 0.1) is 0 Å². The molecule has 1 aliphatic rings. The molecule has 6 nitrogen and oxygen atoms in total. The average molecular weight is 184 g/mol. The Morgan fingerprint density at radius 1 is 1.69 bits per heavy atom. The number of hydrogen-bond donors (Lipinski definition) is 5. The van der Waals surface area contributed by atoms with E-state index in [0.29, 0.717) is 5.70 Å². The molecule has 2 unspecified atom stereocenters. The Morgan fingerprint density at radius 3 is 2.77 bits per heavy atom. The smallest absolute Gasteiger partial charge is 0.406 e. The minimum atomic E-state index is -1.27. The van der Waals surface area contributed by atoms with Crippen LogP contribution in [0.3, 0.4) is 0 Å². The van der Waals surface area contributed by atoms with Gasteiger partial charge in [0.15, 0.2) is 0 Å². The second-order valence-corrected chi connectivity index (χ2v) is 2.89. The number of carboxylic acid groups (broad SMARTS) is 1. The molecule has 0 heterocycles. The summed E-state index contributed by atoms with van der Waals surface area (Å²) in [5.74, 6) is 0. The molecule has 1 rings (SSSR count). The number of allylic oxidation sites excluding steroid dienone is 1. The number of nitrogens with one attached hydrogen (secondary N) is 1. The van der Waals surface area contributed by atoms with Gasteiger partial charge in [0.1, 0.15) is 5.66 Å². The lowest BCUT2D eigenvalue weighted by Crippen LogP contribution is -2.65. The summed E-state index contributed by atoms with van der Waals surface area (Å²) in [5.41, 5.74) is 15.9. The quantitative estimate of drug-likeness (QED) is 0.322. The van der Waals surface area contributed by atoms with E-state index in [1.54, 1.807) is 0 Å². The van der Waals surface area contributed by atoms with Gasteiger partial charge in [0.25, 0.3) is 0 Å². The van der Waals surface area contributed by atoms with Gasteiger partial charge in [-0.15, -0.1) is 0 Å². The average Bonchev–Trinajstić information content (AvgIpc) is 1.97. The van der Waals surface area contributed by atoms with Crippen LogP contribution in [0.2, 0.25) is 0 Å². The molecule has 0 aliphatic heterocycles. The Bertz CT molecular complexity index is 286. The summed E-state index contributed by atoms with van der Waals surface area (Å²) >= 11 is 0. The predicted molar refractivity (Wildman–Crippen MR) is 47.5 cm³/mol. The summed E-state index contributed by atoms with van der Waals surface area (Å²) in [5, 5.41) is 10.6. The van der Waals surface area contributed by atoms with Crippen molar-refractivity contribution in [3.05, 3.63) is 23.9 Å². The van der Waals surface area contributed by atoms with Crippen LogP contribution < -0.4 is 22.5 Å². The third-order valence-corrected chi connectivity index (χ3v) is 1.80. The molecule has 72 valence electrons. The van der Waals surface area contributed by atoms with Gasteiger partial charge < -0.3 is 22.3 Å². The van der Waals surface area contributed by atoms with Crippen molar-refractivity contribution in [1.82, 2.24) is 5.32 Å². The minimum Gasteiger partial charge on any atom is -0.465 e. The number of rotatable bonds is 1. The van der Waals surface area contributed by atoms with Crippen LogP contribution in [-0.2, 0) is 0 Å². The van der Waals surface area contributed by atoms with Crippen LogP contribution in [0.4, 0.5) is 4.79 Å². The van der Waals surface area contributed by atoms with E-state index in [-0.39, 0.29) is 0 Å². The Balaban J connectivity index is 2.82. The normalized spacial score (nSPS) is 32.5. The number of carbonyl (C=O) groups is 1. The van der Waals surface area contributed by atoms with Crippen molar-refractivity contribution in [2.75, 3.05) is 0 Å². The summed E-state index contributed by atoms with van der Waals surface area (Å²) in [6, 6.07) is -0.659. The number of hydrogen-bond acceptors (Lipinski definition) is 4. The third kappa shape index (κ3) is 1.98. The highest BCUT2D eigenvalue weighted by Gasteiger charge is 2.32. The van der Waals surface area contributed by atoms with Gasteiger partial charge in [-0.1, -0.05) is 0 Å². The van der Waals surface area contributed by atoms with E-state index in [2.05, 4.69) is 5.32 Å². The van der Waals surface area contributed by atoms with Crippen LogP contribution in [0.1, 0.15) is 0 Å². The van der Waals surface area contributed by atoms with Gasteiger partial charge in [-0.05, 0) is 18.2 Å². The molecule has 0 fully saturated rings. The highest BCUT2D eigenvalue weighted by molar-refractivity contribution is 5.66. The lowest BCUT2D eigenvalue weighted by atomic mass is 9.96. The van der Waals surface area contributed by atoms with Gasteiger partial charge in [-0.3, -0.25) is 5.32 Å². The van der Waals surface area contributed by atoms with E-state index in [9.17, 15) is 4.79 Å². The summed E-state index contributed by atoms with van der Waals surface area (Å²) < 4.78 is 0. The molecular formula is C7H12N4O2. The lowest BCUT2D eigenvalue weighted by molar-refractivity contribution is 0.182. The summed E-state index contributed by atoms with van der Waals surface area (Å²) in [4.78, 5) is 10.4. The standard InChI is InChI=1S/C7H12N4O2/c8-4-1-2-7(10,5(9)3-4)11-6(12)13/h1-3,5,11H,8-10H2,(H,12,13). The van der Waals surface area contributed by atoms with Gasteiger partial charge in [0.2, 0.25) is 0 Å². The van der Waals surface area contributed by atoms with Gasteiger partial charge in [0, 0.05) is 5.70 Å². The Hall–Kier alpha value is -1.53. The number of amides is 1. The van der Waals surface area contributed by atoms with Crippen LogP contribution in [0.15, 0.2) is 23.9 Å². The van der Waals surface area contributed by atoms with E-state index in [4.69, 9.17) is 22.3 Å².